The van der Waals surface area contributed by atoms with Gasteiger partial charge in [0.15, 0.2) is 0 Å². The summed E-state index contributed by atoms with van der Waals surface area (Å²) in [5.74, 6) is 9.39. The normalized spacial score (nSPS) is 19.9. The van der Waals surface area contributed by atoms with Crippen LogP contribution in [0.3, 0.4) is 0 Å². The molecule has 2 atom stereocenters. The predicted octanol–water partition coefficient (Wildman–Crippen LogP) is 12.2. The third-order valence-electron chi connectivity index (χ3n) is 7.31. The number of nitrogen functional groups attached to an aromatic ring is 1. The lowest BCUT2D eigenvalue weighted by Crippen LogP contribution is -2.49. The summed E-state index contributed by atoms with van der Waals surface area (Å²) in [4.78, 5) is 22.9. The summed E-state index contributed by atoms with van der Waals surface area (Å²) in [5.41, 5.74) is 0.142. The van der Waals surface area contributed by atoms with Crippen LogP contribution in [0, 0.1) is 35.5 Å². The molecule has 2 aliphatic carbocycles. The van der Waals surface area contributed by atoms with Crippen LogP contribution in [0.5, 0.6) is 0 Å². The highest BCUT2D eigenvalue weighted by Gasteiger charge is 2.63. The number of halogens is 7. The maximum atomic E-state index is 13.5. The molecular weight excluding hydrogens is 748 g/mol. The van der Waals surface area contributed by atoms with Gasteiger partial charge in [0.2, 0.25) is 0 Å². The Morgan fingerprint density at radius 2 is 1.00 bits per heavy atom. The second kappa shape index (κ2) is 20.6. The summed E-state index contributed by atoms with van der Waals surface area (Å²) >= 11 is 5.56. The minimum atomic E-state index is -4.80. The fourth-order valence-corrected chi connectivity index (χ4v) is 4.66. The number of nitrogens with two attached hydrogens (primary N) is 1. The molecule has 0 spiro atoms. The number of nitrogens with one attached hydrogen (secondary N) is 2. The first kappa shape index (κ1) is 46.1. The van der Waals surface area contributed by atoms with Crippen molar-refractivity contribution < 1.29 is 45.4 Å². The van der Waals surface area contributed by atoms with Gasteiger partial charge in [-0.2, -0.15) is 26.3 Å². The van der Waals surface area contributed by atoms with Crippen LogP contribution in [0.25, 0.3) is 0 Å². The SMILES string of the molecule is CC.CC.CCC.Nc1ccc(Cl)cc1.O=C1Nc2ccccc2[C@@](C#CC2CC2)(C(F)(F)F)O1.O=C1Nc2ccccc2[C@@](C#CC2CC2)(C(F)(F)F)O1. The van der Waals surface area contributed by atoms with Crippen molar-refractivity contribution in [1.82, 2.24) is 0 Å². The highest BCUT2D eigenvalue weighted by atomic mass is 35.5. The summed E-state index contributed by atoms with van der Waals surface area (Å²) in [7, 11) is 0. The molecule has 0 radical (unpaired) electrons. The van der Waals surface area contributed by atoms with Crippen molar-refractivity contribution in [3.63, 3.8) is 0 Å². The predicted molar refractivity (Wildman–Crippen MR) is 204 cm³/mol. The monoisotopic (exact) mass is 793 g/mol. The van der Waals surface area contributed by atoms with Gasteiger partial charge in [-0.1, -0.05) is 108 Å². The number of rotatable bonds is 0. The first-order valence-electron chi connectivity index (χ1n) is 17.9. The molecule has 7 nitrogen and oxygen atoms in total. The minimum absolute atomic E-state index is 0.0324. The molecule has 7 rings (SSSR count). The zero-order chi connectivity index (χ0) is 41.5. The topological polar surface area (TPSA) is 103 Å². The van der Waals surface area contributed by atoms with Crippen molar-refractivity contribution in [3.8, 4) is 23.7 Å². The molecule has 0 unspecified atom stereocenters. The fourth-order valence-electron chi connectivity index (χ4n) is 4.53. The maximum Gasteiger partial charge on any atom is 0.445 e. The first-order valence-corrected chi connectivity index (χ1v) is 18.3. The Labute approximate surface area is 323 Å². The van der Waals surface area contributed by atoms with E-state index in [1.807, 2.05) is 27.7 Å². The molecule has 3 aromatic rings. The molecule has 3 aromatic carbocycles. The zero-order valence-corrected chi connectivity index (χ0v) is 32.2. The lowest BCUT2D eigenvalue weighted by atomic mass is 9.90. The van der Waals surface area contributed by atoms with Crippen molar-refractivity contribution in [3.05, 3.63) is 88.9 Å². The summed E-state index contributed by atoms with van der Waals surface area (Å²) in [6.07, 6.45) is -7.50. The quantitative estimate of drug-likeness (QED) is 0.119. The number of fused-ring (bicyclic) bond motifs is 2. The van der Waals surface area contributed by atoms with E-state index in [2.05, 4.69) is 57.6 Å². The van der Waals surface area contributed by atoms with Crippen molar-refractivity contribution in [2.45, 2.75) is 97.2 Å². The van der Waals surface area contributed by atoms with Gasteiger partial charge in [0.05, 0.1) is 11.4 Å². The lowest BCUT2D eigenvalue weighted by Gasteiger charge is -2.35. The largest absolute Gasteiger partial charge is 0.445 e. The van der Waals surface area contributed by atoms with Crippen LogP contribution < -0.4 is 16.4 Å². The van der Waals surface area contributed by atoms with Gasteiger partial charge < -0.3 is 15.2 Å². The van der Waals surface area contributed by atoms with Gasteiger partial charge in [0.25, 0.3) is 11.2 Å². The van der Waals surface area contributed by atoms with E-state index in [9.17, 15) is 35.9 Å². The van der Waals surface area contributed by atoms with Crippen LogP contribution >= 0.6 is 11.6 Å². The number of anilines is 3. The second-order valence-electron chi connectivity index (χ2n) is 11.8. The molecule has 2 heterocycles. The molecule has 4 N–H and O–H groups in total. The number of carbonyl (C=O) groups is 2. The second-order valence-corrected chi connectivity index (χ2v) is 12.3. The van der Waals surface area contributed by atoms with Gasteiger partial charge in [0, 0.05) is 33.7 Å². The number of cyclic esters (lactones) is 2. The van der Waals surface area contributed by atoms with Crippen LogP contribution in [-0.2, 0) is 20.7 Å². The molecule has 2 amide bonds. The number of para-hydroxylation sites is 2. The number of hydrogen-bond acceptors (Lipinski definition) is 5. The van der Waals surface area contributed by atoms with Crippen LogP contribution in [0.1, 0.15) is 84.8 Å². The van der Waals surface area contributed by atoms with Crippen molar-refractivity contribution >= 4 is 40.8 Å². The summed E-state index contributed by atoms with van der Waals surface area (Å²) in [6, 6.07) is 18.4. The van der Waals surface area contributed by atoms with Gasteiger partial charge in [-0.3, -0.25) is 10.6 Å². The number of benzene rings is 3. The Hall–Kier alpha value is -5.01. The van der Waals surface area contributed by atoms with E-state index in [1.54, 1.807) is 36.4 Å². The molecular formula is C41H46ClF6N3O4. The smallest absolute Gasteiger partial charge is 0.415 e. The van der Waals surface area contributed by atoms with E-state index in [-0.39, 0.29) is 34.3 Å². The molecule has 0 bridgehead atoms. The van der Waals surface area contributed by atoms with Gasteiger partial charge in [-0.15, -0.1) is 0 Å². The lowest BCUT2D eigenvalue weighted by molar-refractivity contribution is -0.239. The minimum Gasteiger partial charge on any atom is -0.415 e. The van der Waals surface area contributed by atoms with Gasteiger partial charge in [-0.05, 0) is 73.9 Å². The van der Waals surface area contributed by atoms with E-state index in [1.165, 1.54) is 42.8 Å². The van der Waals surface area contributed by atoms with Gasteiger partial charge in [-0.25, -0.2) is 9.59 Å². The number of carbonyl (C=O) groups excluding carboxylic acids is 2. The summed E-state index contributed by atoms with van der Waals surface area (Å²) < 4.78 is 90.3. The molecule has 298 valence electrons. The number of alkyl halides is 6. The van der Waals surface area contributed by atoms with E-state index < -0.39 is 35.7 Å². The zero-order valence-electron chi connectivity index (χ0n) is 31.5. The Bertz CT molecular complexity index is 1710. The van der Waals surface area contributed by atoms with Crippen LogP contribution in [0.2, 0.25) is 5.02 Å². The van der Waals surface area contributed by atoms with Crippen molar-refractivity contribution in [2.75, 3.05) is 16.4 Å². The maximum absolute atomic E-state index is 13.5. The van der Waals surface area contributed by atoms with Crippen LogP contribution in [0.4, 0.5) is 53.0 Å². The Morgan fingerprint density at radius 3 is 1.29 bits per heavy atom. The summed E-state index contributed by atoms with van der Waals surface area (Å²) in [6.45, 7) is 12.2. The van der Waals surface area contributed by atoms with E-state index in [0.29, 0.717) is 0 Å². The fraction of sp³-hybridized carbons (Fsp3) is 0.415. The van der Waals surface area contributed by atoms with E-state index in [0.717, 1.165) is 36.4 Å². The molecule has 2 fully saturated rings. The molecule has 0 saturated heterocycles. The first-order chi connectivity index (χ1) is 26.0. The molecule has 0 aromatic heterocycles. The van der Waals surface area contributed by atoms with Crippen LogP contribution in [0.15, 0.2) is 72.8 Å². The third kappa shape index (κ3) is 12.5. The third-order valence-corrected chi connectivity index (χ3v) is 7.56. The highest BCUT2D eigenvalue weighted by Crippen LogP contribution is 2.48. The summed E-state index contributed by atoms with van der Waals surface area (Å²) in [5, 5.41) is 5.24. The molecule has 2 aliphatic heterocycles. The Kier molecular flexibility index (Phi) is 17.3. The number of amides is 2. The van der Waals surface area contributed by atoms with Gasteiger partial charge in [0.1, 0.15) is 0 Å². The van der Waals surface area contributed by atoms with Gasteiger partial charge >= 0.3 is 24.5 Å². The van der Waals surface area contributed by atoms with Crippen LogP contribution in [-0.4, -0.2) is 24.5 Å². The standard InChI is InChI=1S/2C14H10F3NO2.C6H6ClN.C3H8.2C2H6/c2*15-14(16,17)13(8-7-9-5-6-9)10-3-1-2-4-11(10)18-12(19)20-13;7-5-1-3-6(8)4-2-5;1-3-2;2*1-2/h2*1-4,9H,5-6H2,(H,18,19);1-4H,8H2;3H2,1-2H3;2*1-2H3/t2*13-;;;;/m00..../s1. The molecule has 4 aliphatic rings. The average Bonchev–Trinajstić information content (AvgIpc) is 4.09. The average molecular weight is 794 g/mol. The highest BCUT2D eigenvalue weighted by molar-refractivity contribution is 6.30. The Balaban J connectivity index is 0.000000281. The number of ether oxygens (including phenoxy) is 2. The molecule has 2 saturated carbocycles. The van der Waals surface area contributed by atoms with E-state index >= 15 is 0 Å². The van der Waals surface area contributed by atoms with Crippen molar-refractivity contribution in [1.29, 1.82) is 0 Å². The molecule has 14 heteroatoms. The van der Waals surface area contributed by atoms with Crippen molar-refractivity contribution in [2.24, 2.45) is 11.8 Å². The Morgan fingerprint density at radius 1 is 0.673 bits per heavy atom. The van der Waals surface area contributed by atoms with E-state index in [4.69, 9.17) is 17.3 Å². The number of hydrogen-bond donors (Lipinski definition) is 3. The molecule has 55 heavy (non-hydrogen) atoms.